The summed E-state index contributed by atoms with van der Waals surface area (Å²) < 4.78 is 67.7. The van der Waals surface area contributed by atoms with Gasteiger partial charge in [0.1, 0.15) is 43.1 Å². The zero-order valence-electron chi connectivity index (χ0n) is 29.8. The first-order valence-electron chi connectivity index (χ1n) is 16.2. The zero-order valence-corrected chi connectivity index (χ0v) is 33.7. The van der Waals surface area contributed by atoms with Crippen molar-refractivity contribution in [2.45, 2.75) is 36.5 Å². The topological polar surface area (TPSA) is 291 Å². The summed E-state index contributed by atoms with van der Waals surface area (Å²) in [5.41, 5.74) is 1.39. The van der Waals surface area contributed by atoms with E-state index in [1.165, 1.54) is 60.7 Å². The maximum Gasteiger partial charge on any atom is 2.00 e. The Labute approximate surface area is 354 Å². The molecule has 18 nitrogen and oxygen atoms in total. The minimum Gasteiger partial charge on any atom is -0.744 e. The maximum atomic E-state index is 11.3. The van der Waals surface area contributed by atoms with Crippen LogP contribution in [0.15, 0.2) is 127 Å². The number of hydrogen-bond acceptors (Lipinski definition) is 16. The fraction of sp³-hybridized carbons (Fsp3) is 0.111. The van der Waals surface area contributed by atoms with E-state index in [1.807, 2.05) is 13.8 Å². The van der Waals surface area contributed by atoms with Crippen LogP contribution in [0.25, 0.3) is 21.5 Å². The number of benzene rings is 6. The van der Waals surface area contributed by atoms with E-state index in [0.717, 1.165) is 24.3 Å². The van der Waals surface area contributed by atoms with Gasteiger partial charge in [-0.25, -0.2) is 16.8 Å². The molecular weight excluding hydrogens is 813 g/mol. The first kappa shape index (κ1) is 44.2. The molecule has 0 amide bonds. The standard InChI is InChI=1S/2C18H15N3O6S.Ca/c2*1-2-11-7-13(9-14(8-11)21(23)24)19-20-18-16-10-15(28(25,26)27)5-3-12(16)4-6-17(18)22;/h2*3-10,22H,2H2,1H3,(H,25,26,27);/q;;+2/p-2. The third-order valence-corrected chi connectivity index (χ3v) is 9.82. The minimum atomic E-state index is -4.69. The number of rotatable bonds is 10. The predicted molar refractivity (Wildman–Crippen MR) is 206 cm³/mol. The number of aromatic hydroxyl groups is 2. The summed E-state index contributed by atoms with van der Waals surface area (Å²) in [6.07, 6.45) is 1.10. The third-order valence-electron chi connectivity index (χ3n) is 8.16. The Morgan fingerprint density at radius 3 is 1.21 bits per heavy atom. The van der Waals surface area contributed by atoms with Crippen molar-refractivity contribution in [2.24, 2.45) is 20.5 Å². The molecule has 0 aromatic heterocycles. The average Bonchev–Trinajstić information content (AvgIpc) is 3.15. The van der Waals surface area contributed by atoms with Gasteiger partial charge in [-0.05, 0) is 83.3 Å². The fourth-order valence-electron chi connectivity index (χ4n) is 5.33. The number of azo groups is 2. The Bertz CT molecular complexity index is 2640. The van der Waals surface area contributed by atoms with Crippen molar-refractivity contribution in [3.63, 3.8) is 0 Å². The van der Waals surface area contributed by atoms with Crippen LogP contribution in [0, 0.1) is 20.2 Å². The molecule has 57 heavy (non-hydrogen) atoms. The number of nitro benzene ring substituents is 2. The Morgan fingerprint density at radius 1 is 0.544 bits per heavy atom. The zero-order chi connectivity index (χ0) is 40.9. The quantitative estimate of drug-likeness (QED) is 0.0433. The molecule has 0 spiro atoms. The molecule has 6 aromatic carbocycles. The fourth-order valence-corrected chi connectivity index (χ4v) is 6.32. The summed E-state index contributed by atoms with van der Waals surface area (Å²) >= 11 is 0. The van der Waals surface area contributed by atoms with Gasteiger partial charge in [0.15, 0.2) is 0 Å². The minimum absolute atomic E-state index is 0. The second kappa shape index (κ2) is 18.2. The number of nitro groups is 2. The van der Waals surface area contributed by atoms with Crippen molar-refractivity contribution < 1.29 is 46.0 Å². The van der Waals surface area contributed by atoms with Crippen LogP contribution in [0.4, 0.5) is 34.1 Å². The second-order valence-electron chi connectivity index (χ2n) is 11.9. The Hall–Kier alpha value is -5.48. The number of phenolic OH excluding ortho intramolecular Hbond substituents is 2. The van der Waals surface area contributed by atoms with E-state index in [1.54, 1.807) is 12.1 Å². The molecule has 288 valence electrons. The Morgan fingerprint density at radius 2 is 0.895 bits per heavy atom. The van der Waals surface area contributed by atoms with E-state index in [0.29, 0.717) is 34.7 Å². The third kappa shape index (κ3) is 10.9. The molecule has 6 aromatic rings. The smallest absolute Gasteiger partial charge is 0.744 e. The molecule has 6 rings (SSSR count). The SMILES string of the molecule is CCc1cc(N=Nc2c(O)ccc3ccc(S(=O)(=O)[O-])cc23)cc([N+](=O)[O-])c1.CCc1cc(N=Nc2c(O)ccc3ccc(S(=O)(=O)[O-])cc23)cc([N+](=O)[O-])c1.[Ca+2]. The number of nitrogens with zero attached hydrogens (tertiary/aromatic N) is 6. The van der Waals surface area contributed by atoms with Gasteiger partial charge >= 0.3 is 37.7 Å². The van der Waals surface area contributed by atoms with Gasteiger partial charge in [-0.2, -0.15) is 10.2 Å². The van der Waals surface area contributed by atoms with Gasteiger partial charge in [-0.1, -0.05) is 38.1 Å². The van der Waals surface area contributed by atoms with Gasteiger partial charge in [0, 0.05) is 35.0 Å². The van der Waals surface area contributed by atoms with Crippen molar-refractivity contribution in [1.82, 2.24) is 0 Å². The number of hydrogen-bond donors (Lipinski definition) is 2. The van der Waals surface area contributed by atoms with E-state index >= 15 is 0 Å². The van der Waals surface area contributed by atoms with Crippen molar-refractivity contribution in [1.29, 1.82) is 0 Å². The number of phenols is 2. The Balaban J connectivity index is 0.000000248. The molecule has 0 atom stereocenters. The molecule has 0 saturated heterocycles. The number of non-ortho nitro benzene ring substituents is 2. The van der Waals surface area contributed by atoms with Crippen LogP contribution in [0.5, 0.6) is 11.5 Å². The summed E-state index contributed by atoms with van der Waals surface area (Å²) in [5.74, 6) is -0.560. The second-order valence-corrected chi connectivity index (χ2v) is 14.6. The van der Waals surface area contributed by atoms with Crippen molar-refractivity contribution in [2.75, 3.05) is 0 Å². The van der Waals surface area contributed by atoms with Gasteiger partial charge in [-0.15, -0.1) is 10.2 Å². The first-order chi connectivity index (χ1) is 26.4. The van der Waals surface area contributed by atoms with Crippen LogP contribution in [0.2, 0.25) is 0 Å². The molecule has 0 bridgehead atoms. The van der Waals surface area contributed by atoms with Gasteiger partial charge in [-0.3, -0.25) is 20.2 Å². The number of fused-ring (bicyclic) bond motifs is 2. The molecule has 21 heteroatoms. The van der Waals surface area contributed by atoms with Crippen LogP contribution < -0.4 is 0 Å². The molecule has 0 saturated carbocycles. The first-order valence-corrected chi connectivity index (χ1v) is 19.0. The van der Waals surface area contributed by atoms with Crippen molar-refractivity contribution >= 4 is 114 Å². The molecule has 0 radical (unpaired) electrons. The molecule has 0 heterocycles. The number of aryl methyl sites for hydroxylation is 2. The molecule has 0 aliphatic carbocycles. The summed E-state index contributed by atoms with van der Waals surface area (Å²) in [7, 11) is -9.39. The van der Waals surface area contributed by atoms with E-state index < -0.39 is 39.9 Å². The normalized spacial score (nSPS) is 11.7. The van der Waals surface area contributed by atoms with Gasteiger partial charge in [0.25, 0.3) is 11.4 Å². The van der Waals surface area contributed by atoms with E-state index in [4.69, 9.17) is 0 Å². The van der Waals surface area contributed by atoms with Crippen LogP contribution >= 0.6 is 0 Å². The van der Waals surface area contributed by atoms with Crippen LogP contribution in [0.3, 0.4) is 0 Å². The van der Waals surface area contributed by atoms with Crippen LogP contribution in [-0.4, -0.2) is 83.7 Å². The molecule has 2 N–H and O–H groups in total. The summed E-state index contributed by atoms with van der Waals surface area (Å²) in [6, 6.07) is 21.7. The molecular formula is C36H28CaN6O12S2. The van der Waals surface area contributed by atoms with Gasteiger partial charge in [0.05, 0.1) is 31.0 Å². The molecule has 0 aliphatic heterocycles. The summed E-state index contributed by atoms with van der Waals surface area (Å²) in [5, 5.41) is 59.7. The van der Waals surface area contributed by atoms with E-state index in [9.17, 15) is 56.4 Å². The van der Waals surface area contributed by atoms with Crippen LogP contribution in [0.1, 0.15) is 25.0 Å². The largest absolute Gasteiger partial charge is 2.00 e. The van der Waals surface area contributed by atoms with Crippen LogP contribution in [-0.2, 0) is 33.1 Å². The molecule has 0 fully saturated rings. The summed E-state index contributed by atoms with van der Waals surface area (Å²) in [4.78, 5) is 20.1. The van der Waals surface area contributed by atoms with Gasteiger partial charge < -0.3 is 19.3 Å². The van der Waals surface area contributed by atoms with Crippen molar-refractivity contribution in [3.8, 4) is 11.5 Å². The monoisotopic (exact) mass is 840 g/mol. The Kier molecular flexibility index (Phi) is 14.1. The van der Waals surface area contributed by atoms with Crippen molar-refractivity contribution in [3.05, 3.63) is 128 Å². The predicted octanol–water partition coefficient (Wildman–Crippen LogP) is 8.29. The van der Waals surface area contributed by atoms with E-state index in [2.05, 4.69) is 20.5 Å². The molecule has 0 unspecified atom stereocenters. The maximum absolute atomic E-state index is 11.3. The average molecular weight is 841 g/mol. The summed E-state index contributed by atoms with van der Waals surface area (Å²) in [6.45, 7) is 3.67. The van der Waals surface area contributed by atoms with Gasteiger partial charge in [0.2, 0.25) is 0 Å². The molecule has 0 aliphatic rings. The van der Waals surface area contributed by atoms with E-state index in [-0.39, 0.29) is 94.1 Å².